The number of ether oxygens (including phenoxy) is 1. The molecule has 2 unspecified atom stereocenters. The van der Waals surface area contributed by atoms with E-state index in [4.69, 9.17) is 4.74 Å². The molecule has 1 aliphatic heterocycles. The maximum absolute atomic E-state index is 10.2. The molecule has 0 fully saturated rings. The van der Waals surface area contributed by atoms with Crippen LogP contribution >= 0.6 is 11.3 Å². The number of hydrogen-bond acceptors (Lipinski definition) is 3. The van der Waals surface area contributed by atoms with E-state index in [1.807, 2.05) is 23.6 Å². The molecule has 0 saturated heterocycles. The fourth-order valence-electron chi connectivity index (χ4n) is 2.47. The van der Waals surface area contributed by atoms with Crippen LogP contribution in [0.4, 0.5) is 0 Å². The first-order chi connectivity index (χ1) is 8.84. The smallest absolute Gasteiger partial charge is 0.0910 e. The van der Waals surface area contributed by atoms with Gasteiger partial charge in [-0.1, -0.05) is 30.3 Å². The summed E-state index contributed by atoms with van der Waals surface area (Å²) in [4.78, 5) is 1.02. The summed E-state index contributed by atoms with van der Waals surface area (Å²) in [5.74, 6) is 0. The van der Waals surface area contributed by atoms with E-state index in [-0.39, 0.29) is 6.10 Å². The van der Waals surface area contributed by atoms with Crippen molar-refractivity contribution in [3.63, 3.8) is 0 Å². The Morgan fingerprint density at radius 1 is 1.28 bits per heavy atom. The van der Waals surface area contributed by atoms with Gasteiger partial charge in [0.15, 0.2) is 0 Å². The van der Waals surface area contributed by atoms with Crippen molar-refractivity contribution < 1.29 is 9.84 Å². The van der Waals surface area contributed by atoms with Crippen molar-refractivity contribution in [3.8, 4) is 0 Å². The van der Waals surface area contributed by atoms with Crippen molar-refractivity contribution >= 4 is 11.3 Å². The van der Waals surface area contributed by atoms with Crippen LogP contribution < -0.4 is 0 Å². The Bertz CT molecular complexity index is 507. The molecule has 1 aromatic carbocycles. The van der Waals surface area contributed by atoms with Crippen molar-refractivity contribution in [1.29, 1.82) is 0 Å². The van der Waals surface area contributed by atoms with Gasteiger partial charge in [-0.2, -0.15) is 0 Å². The molecule has 94 valence electrons. The van der Waals surface area contributed by atoms with Gasteiger partial charge in [0.1, 0.15) is 0 Å². The van der Waals surface area contributed by atoms with E-state index in [0.717, 1.165) is 17.9 Å². The molecule has 0 saturated carbocycles. The Morgan fingerprint density at radius 2 is 2.17 bits per heavy atom. The average Bonchev–Trinajstić information content (AvgIpc) is 2.93. The normalized spacial score (nSPS) is 20.4. The number of hydrogen-bond donors (Lipinski definition) is 1. The monoisotopic (exact) mass is 260 g/mol. The molecule has 1 aromatic heterocycles. The van der Waals surface area contributed by atoms with Gasteiger partial charge in [-0.3, -0.25) is 0 Å². The second-order valence-electron chi connectivity index (χ2n) is 4.58. The van der Waals surface area contributed by atoms with Crippen LogP contribution in [0.5, 0.6) is 0 Å². The first-order valence-electron chi connectivity index (χ1n) is 6.25. The maximum Gasteiger partial charge on any atom is 0.0910 e. The summed E-state index contributed by atoms with van der Waals surface area (Å²) in [5, 5.41) is 12.2. The van der Waals surface area contributed by atoms with E-state index in [2.05, 4.69) is 18.2 Å². The minimum absolute atomic E-state index is 0.0204. The first kappa shape index (κ1) is 11.9. The molecular weight excluding hydrogens is 244 g/mol. The lowest BCUT2D eigenvalue weighted by Gasteiger charge is -2.27. The summed E-state index contributed by atoms with van der Waals surface area (Å²) in [6.07, 6.45) is 1.20. The van der Waals surface area contributed by atoms with Crippen molar-refractivity contribution in [1.82, 2.24) is 0 Å². The van der Waals surface area contributed by atoms with E-state index < -0.39 is 6.10 Å². The van der Waals surface area contributed by atoms with Gasteiger partial charge in [-0.15, -0.1) is 11.3 Å². The van der Waals surface area contributed by atoms with Crippen molar-refractivity contribution in [2.75, 3.05) is 6.61 Å². The van der Waals surface area contributed by atoms with Gasteiger partial charge in [0.05, 0.1) is 18.8 Å². The molecule has 3 rings (SSSR count). The Kier molecular flexibility index (Phi) is 3.46. The van der Waals surface area contributed by atoms with E-state index in [1.165, 1.54) is 11.1 Å². The number of benzene rings is 1. The minimum atomic E-state index is -0.429. The number of rotatable bonds is 3. The molecule has 3 heteroatoms. The molecule has 18 heavy (non-hydrogen) atoms. The van der Waals surface area contributed by atoms with E-state index >= 15 is 0 Å². The number of thiophene rings is 1. The Labute approximate surface area is 111 Å². The van der Waals surface area contributed by atoms with Gasteiger partial charge in [0, 0.05) is 11.3 Å². The SMILES string of the molecule is OC(CC1OCCc2ccccc21)c1cccs1. The van der Waals surface area contributed by atoms with Crippen LogP contribution in [0, 0.1) is 0 Å². The maximum atomic E-state index is 10.2. The number of aliphatic hydroxyl groups excluding tert-OH is 1. The van der Waals surface area contributed by atoms with Gasteiger partial charge in [-0.05, 0) is 29.0 Å². The Balaban J connectivity index is 1.78. The highest BCUT2D eigenvalue weighted by Crippen LogP contribution is 2.35. The predicted octanol–water partition coefficient (Wildman–Crippen LogP) is 3.49. The second kappa shape index (κ2) is 5.22. The van der Waals surface area contributed by atoms with Crippen molar-refractivity contribution in [3.05, 3.63) is 57.8 Å². The third-order valence-corrected chi connectivity index (χ3v) is 4.37. The summed E-state index contributed by atoms with van der Waals surface area (Å²) in [6, 6.07) is 12.3. The molecule has 2 aromatic rings. The van der Waals surface area contributed by atoms with Gasteiger partial charge >= 0.3 is 0 Å². The molecule has 1 aliphatic rings. The fraction of sp³-hybridized carbons (Fsp3) is 0.333. The van der Waals surface area contributed by atoms with Crippen LogP contribution in [0.25, 0.3) is 0 Å². The molecule has 0 amide bonds. The summed E-state index contributed by atoms with van der Waals surface area (Å²) in [5.41, 5.74) is 2.59. The highest BCUT2D eigenvalue weighted by molar-refractivity contribution is 7.10. The van der Waals surface area contributed by atoms with E-state index in [1.54, 1.807) is 11.3 Å². The van der Waals surface area contributed by atoms with Gasteiger partial charge in [0.2, 0.25) is 0 Å². The average molecular weight is 260 g/mol. The summed E-state index contributed by atoms with van der Waals surface area (Å²) < 4.78 is 5.82. The van der Waals surface area contributed by atoms with E-state index in [0.29, 0.717) is 6.42 Å². The third-order valence-electron chi connectivity index (χ3n) is 3.40. The standard InChI is InChI=1S/C15H16O2S/c16-13(15-6-3-9-18-15)10-14-12-5-2-1-4-11(12)7-8-17-14/h1-6,9,13-14,16H,7-8,10H2. The van der Waals surface area contributed by atoms with Crippen LogP contribution in [0.1, 0.15) is 34.6 Å². The lowest BCUT2D eigenvalue weighted by molar-refractivity contribution is 0.00457. The number of fused-ring (bicyclic) bond motifs is 1. The number of aliphatic hydroxyl groups is 1. The lowest BCUT2D eigenvalue weighted by atomic mass is 9.94. The zero-order chi connectivity index (χ0) is 12.4. The zero-order valence-electron chi connectivity index (χ0n) is 10.1. The van der Waals surface area contributed by atoms with Gasteiger partial charge in [-0.25, -0.2) is 0 Å². The lowest BCUT2D eigenvalue weighted by Crippen LogP contribution is -2.18. The van der Waals surface area contributed by atoms with Crippen LogP contribution in [0.3, 0.4) is 0 Å². The third kappa shape index (κ3) is 2.34. The molecule has 1 N–H and O–H groups in total. The molecule has 0 radical (unpaired) electrons. The Morgan fingerprint density at radius 3 is 3.00 bits per heavy atom. The molecule has 0 bridgehead atoms. The van der Waals surface area contributed by atoms with Crippen LogP contribution in [-0.2, 0) is 11.2 Å². The zero-order valence-corrected chi connectivity index (χ0v) is 10.9. The highest BCUT2D eigenvalue weighted by Gasteiger charge is 2.24. The second-order valence-corrected chi connectivity index (χ2v) is 5.55. The quantitative estimate of drug-likeness (QED) is 0.915. The largest absolute Gasteiger partial charge is 0.387 e. The molecule has 0 spiro atoms. The molecule has 0 aliphatic carbocycles. The fourth-order valence-corrected chi connectivity index (χ4v) is 3.20. The summed E-state index contributed by atoms with van der Waals surface area (Å²) in [7, 11) is 0. The van der Waals surface area contributed by atoms with Gasteiger partial charge < -0.3 is 9.84 Å². The molecule has 2 heterocycles. The Hall–Kier alpha value is -1.16. The molecule has 2 atom stereocenters. The van der Waals surface area contributed by atoms with Crippen molar-refractivity contribution in [2.45, 2.75) is 25.0 Å². The molecule has 2 nitrogen and oxygen atoms in total. The van der Waals surface area contributed by atoms with Crippen LogP contribution in [0.15, 0.2) is 41.8 Å². The highest BCUT2D eigenvalue weighted by atomic mass is 32.1. The molecular formula is C15H16O2S. The van der Waals surface area contributed by atoms with Crippen LogP contribution in [0.2, 0.25) is 0 Å². The summed E-state index contributed by atoms with van der Waals surface area (Å²) in [6.45, 7) is 0.749. The predicted molar refractivity (Wildman–Crippen MR) is 72.7 cm³/mol. The first-order valence-corrected chi connectivity index (χ1v) is 7.13. The topological polar surface area (TPSA) is 29.5 Å². The van der Waals surface area contributed by atoms with E-state index in [9.17, 15) is 5.11 Å². The van der Waals surface area contributed by atoms with Crippen molar-refractivity contribution in [2.24, 2.45) is 0 Å². The van der Waals surface area contributed by atoms with Gasteiger partial charge in [0.25, 0.3) is 0 Å². The minimum Gasteiger partial charge on any atom is -0.387 e. The van der Waals surface area contributed by atoms with Crippen LogP contribution in [-0.4, -0.2) is 11.7 Å². The summed E-state index contributed by atoms with van der Waals surface area (Å²) >= 11 is 1.60.